The van der Waals surface area contributed by atoms with Crippen molar-refractivity contribution >= 4 is 7.12 Å². The Hall–Kier alpha value is -1.92. The Balaban J connectivity index is 1.71. The summed E-state index contributed by atoms with van der Waals surface area (Å²) in [5, 5.41) is 0. The normalized spacial score (nSPS) is 27.4. The second-order valence-electron chi connectivity index (χ2n) is 9.43. The van der Waals surface area contributed by atoms with Gasteiger partial charge in [-0.15, -0.1) is 0 Å². The number of hydrogen-bond acceptors (Lipinski definition) is 3. The average molecular weight is 400 g/mol. The molecule has 2 aliphatic rings. The lowest BCUT2D eigenvalue weighted by atomic mass is 9.62. The molecule has 2 heterocycles. The van der Waals surface area contributed by atoms with Crippen LogP contribution < -0.4 is 4.74 Å². The average Bonchev–Trinajstić information content (AvgIpc) is 2.83. The van der Waals surface area contributed by atoms with Crippen molar-refractivity contribution in [3.05, 3.63) is 65.2 Å². The first-order valence-electron chi connectivity index (χ1n) is 10.1. The summed E-state index contributed by atoms with van der Waals surface area (Å²) in [4.78, 5) is 0. The Morgan fingerprint density at radius 3 is 2.14 bits per heavy atom. The van der Waals surface area contributed by atoms with E-state index in [1.54, 1.807) is 0 Å². The van der Waals surface area contributed by atoms with Gasteiger partial charge in [-0.1, -0.05) is 37.3 Å². The van der Waals surface area contributed by atoms with Gasteiger partial charge in [0.05, 0.1) is 11.2 Å². The fourth-order valence-electron chi connectivity index (χ4n) is 4.27. The first-order chi connectivity index (χ1) is 13.5. The number of rotatable bonds is 3. The summed E-state index contributed by atoms with van der Waals surface area (Å²) < 4.78 is 46.7. The zero-order chi connectivity index (χ0) is 21.0. The Morgan fingerprint density at radius 1 is 0.931 bits per heavy atom. The summed E-state index contributed by atoms with van der Waals surface area (Å²) in [5.41, 5.74) is 0.245. The molecule has 0 unspecified atom stereocenters. The Kier molecular flexibility index (Phi) is 4.78. The van der Waals surface area contributed by atoms with Gasteiger partial charge in [-0.05, 0) is 57.5 Å². The molecule has 0 saturated carbocycles. The van der Waals surface area contributed by atoms with Gasteiger partial charge in [-0.3, -0.25) is 0 Å². The molecule has 0 aromatic heterocycles. The molecule has 0 bridgehead atoms. The minimum Gasteiger partial charge on any atom is -0.485 e. The molecule has 0 spiro atoms. The van der Waals surface area contributed by atoms with Crippen LogP contribution in [0.15, 0.2) is 42.5 Å². The van der Waals surface area contributed by atoms with Gasteiger partial charge in [0.2, 0.25) is 0 Å². The topological polar surface area (TPSA) is 27.7 Å². The van der Waals surface area contributed by atoms with Crippen LogP contribution in [0.25, 0.3) is 0 Å². The van der Waals surface area contributed by atoms with Crippen LogP contribution in [0.4, 0.5) is 8.78 Å². The Labute approximate surface area is 171 Å². The highest BCUT2D eigenvalue weighted by atomic mass is 19.2. The predicted molar refractivity (Wildman–Crippen MR) is 109 cm³/mol. The molecule has 6 heteroatoms. The van der Waals surface area contributed by atoms with Crippen LogP contribution in [0.3, 0.4) is 0 Å². The van der Waals surface area contributed by atoms with E-state index in [0.717, 1.165) is 11.6 Å². The van der Waals surface area contributed by atoms with Gasteiger partial charge >= 0.3 is 7.12 Å². The second kappa shape index (κ2) is 6.81. The molecular weight excluding hydrogens is 373 g/mol. The molecule has 154 valence electrons. The molecule has 1 saturated heterocycles. The van der Waals surface area contributed by atoms with Crippen LogP contribution in [-0.4, -0.2) is 18.3 Å². The van der Waals surface area contributed by atoms with Crippen molar-refractivity contribution in [2.75, 3.05) is 0 Å². The van der Waals surface area contributed by atoms with E-state index >= 15 is 0 Å². The minimum absolute atomic E-state index is 0.263. The molecule has 0 aliphatic carbocycles. The molecule has 0 radical (unpaired) electrons. The maximum Gasteiger partial charge on any atom is 0.458 e. The zero-order valence-corrected chi connectivity index (χ0v) is 17.6. The summed E-state index contributed by atoms with van der Waals surface area (Å²) >= 11 is 0. The fourth-order valence-corrected chi connectivity index (χ4v) is 4.27. The van der Waals surface area contributed by atoms with E-state index in [2.05, 4.69) is 0 Å². The van der Waals surface area contributed by atoms with Crippen LogP contribution >= 0.6 is 0 Å². The first kappa shape index (κ1) is 20.4. The Morgan fingerprint density at radius 2 is 1.52 bits per heavy atom. The molecular formula is C23H27BF2O3. The summed E-state index contributed by atoms with van der Waals surface area (Å²) in [7, 11) is -0.444. The molecule has 1 fully saturated rings. The standard InChI is InChI=1S/C23H27BF2O3/c1-21(2)22(3,4)29-24(28-21)14-23(5)13-20(15-9-7-6-8-10-15)27-19-12-18(26)17(25)11-16(19)23/h6-12,20H,13-14H2,1-5H3/t20-,23-/m1/s1. The largest absolute Gasteiger partial charge is 0.485 e. The van der Waals surface area contributed by atoms with E-state index in [4.69, 9.17) is 14.0 Å². The lowest BCUT2D eigenvalue weighted by Crippen LogP contribution is -2.41. The lowest BCUT2D eigenvalue weighted by molar-refractivity contribution is 0.00578. The van der Waals surface area contributed by atoms with Crippen LogP contribution in [0.2, 0.25) is 6.32 Å². The highest BCUT2D eigenvalue weighted by molar-refractivity contribution is 6.46. The maximum atomic E-state index is 14.1. The molecule has 29 heavy (non-hydrogen) atoms. The van der Waals surface area contributed by atoms with Gasteiger partial charge in [0.25, 0.3) is 0 Å². The molecule has 3 nitrogen and oxygen atoms in total. The second-order valence-corrected chi connectivity index (χ2v) is 9.43. The highest BCUT2D eigenvalue weighted by Crippen LogP contribution is 2.51. The third-order valence-electron chi connectivity index (χ3n) is 6.67. The van der Waals surface area contributed by atoms with Crippen LogP contribution in [0, 0.1) is 11.6 Å². The quantitative estimate of drug-likeness (QED) is 0.606. The van der Waals surface area contributed by atoms with Gasteiger partial charge in [0.15, 0.2) is 11.6 Å². The van der Waals surface area contributed by atoms with E-state index < -0.39 is 35.4 Å². The molecule has 0 amide bonds. The number of halogens is 2. The molecule has 4 rings (SSSR count). The number of fused-ring (bicyclic) bond motifs is 1. The van der Waals surface area contributed by atoms with Crippen molar-refractivity contribution < 1.29 is 22.8 Å². The molecule has 2 aromatic rings. The number of benzene rings is 2. The predicted octanol–water partition coefficient (Wildman–Crippen LogP) is 5.84. The van der Waals surface area contributed by atoms with Crippen LogP contribution in [0.5, 0.6) is 5.75 Å². The van der Waals surface area contributed by atoms with Crippen molar-refractivity contribution in [2.24, 2.45) is 0 Å². The SMILES string of the molecule is CC1(C)OB(C[C@@]2(C)C[C@H](c3ccccc3)Oc3cc(F)c(F)cc32)OC1(C)C. The summed E-state index contributed by atoms with van der Waals surface area (Å²) in [5.74, 6) is -1.40. The summed E-state index contributed by atoms with van der Waals surface area (Å²) in [6, 6.07) is 12.2. The van der Waals surface area contributed by atoms with Crippen LogP contribution in [0.1, 0.15) is 58.3 Å². The van der Waals surface area contributed by atoms with Crippen LogP contribution in [-0.2, 0) is 14.7 Å². The summed E-state index contributed by atoms with van der Waals surface area (Å²) in [6.45, 7) is 10.1. The first-order valence-corrected chi connectivity index (χ1v) is 10.1. The van der Waals surface area contributed by atoms with Gasteiger partial charge in [0, 0.05) is 11.6 Å². The number of hydrogen-bond donors (Lipinski definition) is 0. The van der Waals surface area contributed by atoms with E-state index in [9.17, 15) is 8.78 Å². The summed E-state index contributed by atoms with van der Waals surface area (Å²) in [6.07, 6.45) is 0.866. The van der Waals surface area contributed by atoms with Gasteiger partial charge in [0.1, 0.15) is 11.9 Å². The fraction of sp³-hybridized carbons (Fsp3) is 0.478. The maximum absolute atomic E-state index is 14.1. The third kappa shape index (κ3) is 3.57. The van der Waals surface area contributed by atoms with E-state index in [0.29, 0.717) is 24.1 Å². The van der Waals surface area contributed by atoms with Crippen molar-refractivity contribution in [1.82, 2.24) is 0 Å². The third-order valence-corrected chi connectivity index (χ3v) is 6.67. The Bertz CT molecular complexity index is 900. The van der Waals surface area contributed by atoms with Crippen molar-refractivity contribution in [2.45, 2.75) is 70.1 Å². The molecule has 2 aromatic carbocycles. The molecule has 2 aliphatic heterocycles. The molecule has 0 N–H and O–H groups in total. The lowest BCUT2D eigenvalue weighted by Gasteiger charge is -2.41. The van der Waals surface area contributed by atoms with Gasteiger partial charge in [-0.2, -0.15) is 0 Å². The van der Waals surface area contributed by atoms with Crippen molar-refractivity contribution in [3.8, 4) is 5.75 Å². The monoisotopic (exact) mass is 400 g/mol. The number of ether oxygens (including phenoxy) is 1. The zero-order valence-electron chi connectivity index (χ0n) is 17.6. The smallest absolute Gasteiger partial charge is 0.458 e. The minimum atomic E-state index is -0.907. The van der Waals surface area contributed by atoms with E-state index in [-0.39, 0.29) is 6.10 Å². The highest BCUT2D eigenvalue weighted by Gasteiger charge is 2.54. The van der Waals surface area contributed by atoms with Crippen molar-refractivity contribution in [1.29, 1.82) is 0 Å². The molecule has 2 atom stereocenters. The van der Waals surface area contributed by atoms with E-state index in [1.807, 2.05) is 65.0 Å². The van der Waals surface area contributed by atoms with Crippen molar-refractivity contribution in [3.63, 3.8) is 0 Å². The van der Waals surface area contributed by atoms with Gasteiger partial charge in [-0.25, -0.2) is 8.78 Å². The van der Waals surface area contributed by atoms with E-state index in [1.165, 1.54) is 6.07 Å². The van der Waals surface area contributed by atoms with Gasteiger partial charge < -0.3 is 14.0 Å².